The number of hydrogen-bond donors (Lipinski definition) is 2. The lowest BCUT2D eigenvalue weighted by molar-refractivity contribution is -0.158. The zero-order chi connectivity index (χ0) is 19.6. The largest absolute Gasteiger partial charge is 0.508 e. The van der Waals surface area contributed by atoms with E-state index in [0.717, 1.165) is 5.56 Å². The summed E-state index contributed by atoms with van der Waals surface area (Å²) in [5.41, 5.74) is 8.21. The third kappa shape index (κ3) is 8.56. The second-order valence-corrected chi connectivity index (χ2v) is 6.37. The van der Waals surface area contributed by atoms with Crippen molar-refractivity contribution in [1.29, 1.82) is 0 Å². The number of nitrogens with zero attached hydrogens (tertiary/aromatic N) is 3. The number of esters is 1. The molecule has 0 aliphatic carbocycles. The van der Waals surface area contributed by atoms with Gasteiger partial charge in [0.1, 0.15) is 17.4 Å². The van der Waals surface area contributed by atoms with Gasteiger partial charge in [0.05, 0.1) is 0 Å². The zero-order valence-electron chi connectivity index (χ0n) is 14.9. The van der Waals surface area contributed by atoms with Crippen LogP contribution in [0.4, 0.5) is 0 Å². The molecule has 8 heteroatoms. The predicted molar refractivity (Wildman–Crippen MR) is 97.0 cm³/mol. The number of phenolic OH excluding ortho intramolecular Hbond substituents is 1. The van der Waals surface area contributed by atoms with E-state index in [1.54, 1.807) is 32.9 Å². The van der Waals surface area contributed by atoms with Gasteiger partial charge >= 0.3 is 5.97 Å². The number of allylic oxidation sites excluding steroid dienone is 2. The fraction of sp³-hybridized carbons (Fsp3) is 0.333. The Kier molecular flexibility index (Phi) is 7.92. The van der Waals surface area contributed by atoms with Crippen LogP contribution in [0, 0.1) is 0 Å². The summed E-state index contributed by atoms with van der Waals surface area (Å²) in [4.78, 5) is 27.0. The second kappa shape index (κ2) is 9.90. The number of phenols is 1. The van der Waals surface area contributed by atoms with E-state index >= 15 is 0 Å². The highest BCUT2D eigenvalue weighted by Crippen LogP contribution is 2.14. The smallest absolute Gasteiger partial charge is 0.329 e. The summed E-state index contributed by atoms with van der Waals surface area (Å²) < 4.78 is 5.36. The van der Waals surface area contributed by atoms with Crippen molar-refractivity contribution in [3.8, 4) is 5.75 Å². The highest BCUT2D eigenvalue weighted by atomic mass is 16.6. The first kappa shape index (κ1) is 20.8. The molecular formula is C18H22N4O4. The van der Waals surface area contributed by atoms with Gasteiger partial charge in [-0.2, -0.15) is 0 Å². The average Bonchev–Trinajstić information content (AvgIpc) is 2.54. The van der Waals surface area contributed by atoms with Crippen LogP contribution >= 0.6 is 0 Å². The van der Waals surface area contributed by atoms with Gasteiger partial charge in [0.25, 0.3) is 0 Å². The average molecular weight is 358 g/mol. The van der Waals surface area contributed by atoms with Gasteiger partial charge in [0, 0.05) is 23.6 Å². The van der Waals surface area contributed by atoms with Crippen LogP contribution in [-0.4, -0.2) is 28.6 Å². The lowest BCUT2D eigenvalue weighted by atomic mass is 10.1. The van der Waals surface area contributed by atoms with Gasteiger partial charge in [-0.05, 0) is 44.0 Å². The number of carbonyl (C=O) groups is 2. The topological polar surface area (TPSA) is 124 Å². The van der Waals surface area contributed by atoms with Gasteiger partial charge in [-0.3, -0.25) is 4.79 Å². The van der Waals surface area contributed by atoms with Crippen molar-refractivity contribution in [2.75, 3.05) is 0 Å². The molecule has 0 spiro atoms. The van der Waals surface area contributed by atoms with Crippen LogP contribution in [-0.2, 0) is 20.7 Å². The van der Waals surface area contributed by atoms with Gasteiger partial charge in [0.15, 0.2) is 0 Å². The molecule has 1 unspecified atom stereocenters. The number of aromatic hydroxyl groups is 1. The molecule has 0 bridgehead atoms. The molecule has 0 aliphatic rings. The molecule has 8 nitrogen and oxygen atoms in total. The molecular weight excluding hydrogens is 336 g/mol. The normalized spacial score (nSPS) is 12.6. The van der Waals surface area contributed by atoms with Crippen molar-refractivity contribution in [1.82, 2.24) is 5.32 Å². The highest BCUT2D eigenvalue weighted by Gasteiger charge is 2.26. The standard InChI is InChI=1S/C18H22N4O4/c1-18(2,3)26-17(25)15(12-13-7-9-14(23)10-8-13)21-16(24)6-4-5-11-20-22-19/h4-11,15,23H,12H2,1-3H3,(H,21,24)/b6-4+,11-5+. The molecule has 1 aromatic rings. The maximum atomic E-state index is 12.4. The Morgan fingerprint density at radius 2 is 1.96 bits per heavy atom. The minimum Gasteiger partial charge on any atom is -0.508 e. The van der Waals surface area contributed by atoms with Crippen LogP contribution in [0.5, 0.6) is 5.75 Å². The molecule has 26 heavy (non-hydrogen) atoms. The number of benzene rings is 1. The maximum absolute atomic E-state index is 12.4. The first-order valence-corrected chi connectivity index (χ1v) is 7.90. The molecule has 0 saturated heterocycles. The first-order valence-electron chi connectivity index (χ1n) is 7.90. The van der Waals surface area contributed by atoms with Crippen LogP contribution in [0.25, 0.3) is 10.4 Å². The van der Waals surface area contributed by atoms with E-state index in [2.05, 4.69) is 15.3 Å². The van der Waals surface area contributed by atoms with E-state index < -0.39 is 23.5 Å². The third-order valence-corrected chi connectivity index (χ3v) is 2.95. The molecule has 0 aromatic heterocycles. The minimum atomic E-state index is -0.892. The van der Waals surface area contributed by atoms with E-state index in [0.29, 0.717) is 0 Å². The van der Waals surface area contributed by atoms with Crippen molar-refractivity contribution < 1.29 is 19.4 Å². The third-order valence-electron chi connectivity index (χ3n) is 2.95. The zero-order valence-corrected chi connectivity index (χ0v) is 14.9. The summed E-state index contributed by atoms with van der Waals surface area (Å²) in [5.74, 6) is -0.941. The van der Waals surface area contributed by atoms with Crippen LogP contribution in [0.1, 0.15) is 26.3 Å². The Hall–Kier alpha value is -3.25. The number of amides is 1. The van der Waals surface area contributed by atoms with E-state index in [4.69, 9.17) is 10.3 Å². The quantitative estimate of drug-likeness (QED) is 0.194. The van der Waals surface area contributed by atoms with Crippen LogP contribution in [0.15, 0.2) is 53.8 Å². The minimum absolute atomic E-state index is 0.112. The molecule has 0 heterocycles. The van der Waals surface area contributed by atoms with Gasteiger partial charge in [-0.25, -0.2) is 4.79 Å². The SMILES string of the molecule is CC(C)(C)OC(=O)C(Cc1ccc(O)cc1)NC(=O)/C=C/C=C/N=[N+]=[N-]. The Labute approximate surface area is 151 Å². The summed E-state index contributed by atoms with van der Waals surface area (Å²) >= 11 is 0. The number of ether oxygens (including phenoxy) is 1. The highest BCUT2D eigenvalue weighted by molar-refractivity contribution is 5.91. The monoisotopic (exact) mass is 358 g/mol. The summed E-state index contributed by atoms with van der Waals surface area (Å²) in [6, 6.07) is 5.44. The molecule has 0 fully saturated rings. The molecule has 0 aliphatic heterocycles. The van der Waals surface area contributed by atoms with Crippen LogP contribution in [0.2, 0.25) is 0 Å². The molecule has 0 radical (unpaired) electrons. The van der Waals surface area contributed by atoms with Gasteiger partial charge in [-0.1, -0.05) is 29.4 Å². The predicted octanol–water partition coefficient (Wildman–Crippen LogP) is 3.14. The van der Waals surface area contributed by atoms with Gasteiger partial charge < -0.3 is 15.2 Å². The Balaban J connectivity index is 2.85. The maximum Gasteiger partial charge on any atom is 0.329 e. The Morgan fingerprint density at radius 3 is 2.54 bits per heavy atom. The lowest BCUT2D eigenvalue weighted by Crippen LogP contribution is -2.45. The lowest BCUT2D eigenvalue weighted by Gasteiger charge is -2.24. The first-order chi connectivity index (χ1) is 12.2. The van der Waals surface area contributed by atoms with Gasteiger partial charge in [-0.15, -0.1) is 0 Å². The summed E-state index contributed by atoms with van der Waals surface area (Å²) in [7, 11) is 0. The number of rotatable bonds is 7. The Bertz CT molecular complexity index is 727. The Morgan fingerprint density at radius 1 is 1.31 bits per heavy atom. The molecule has 2 N–H and O–H groups in total. The van der Waals surface area contributed by atoms with E-state index in [1.807, 2.05) is 0 Å². The van der Waals surface area contributed by atoms with E-state index in [-0.39, 0.29) is 12.2 Å². The van der Waals surface area contributed by atoms with Gasteiger partial charge in [0.2, 0.25) is 5.91 Å². The molecule has 1 aromatic carbocycles. The number of hydrogen-bond acceptors (Lipinski definition) is 5. The number of azide groups is 1. The fourth-order valence-electron chi connectivity index (χ4n) is 1.91. The number of carbonyl (C=O) groups excluding carboxylic acids is 2. The van der Waals surface area contributed by atoms with Crippen molar-refractivity contribution in [3.05, 3.63) is 64.7 Å². The van der Waals surface area contributed by atoms with Crippen molar-refractivity contribution in [2.45, 2.75) is 38.8 Å². The summed E-state index contributed by atoms with van der Waals surface area (Å²) in [6.07, 6.45) is 5.38. The van der Waals surface area contributed by atoms with E-state index in [9.17, 15) is 14.7 Å². The summed E-state index contributed by atoms with van der Waals surface area (Å²) in [5, 5.41) is 15.1. The van der Waals surface area contributed by atoms with Crippen LogP contribution in [0.3, 0.4) is 0 Å². The van der Waals surface area contributed by atoms with Crippen LogP contribution < -0.4 is 5.32 Å². The molecule has 0 saturated carbocycles. The summed E-state index contributed by atoms with van der Waals surface area (Å²) in [6.45, 7) is 5.22. The molecule has 1 rings (SSSR count). The van der Waals surface area contributed by atoms with E-state index in [1.165, 1.54) is 36.6 Å². The van der Waals surface area contributed by atoms with Crippen molar-refractivity contribution in [2.24, 2.45) is 5.11 Å². The number of nitrogens with one attached hydrogen (secondary N) is 1. The van der Waals surface area contributed by atoms with Crippen molar-refractivity contribution in [3.63, 3.8) is 0 Å². The fourth-order valence-corrected chi connectivity index (χ4v) is 1.91. The molecule has 1 atom stereocenters. The molecule has 1 amide bonds. The van der Waals surface area contributed by atoms with Crippen molar-refractivity contribution >= 4 is 11.9 Å². The second-order valence-electron chi connectivity index (χ2n) is 6.37. The molecule has 138 valence electrons.